The highest BCUT2D eigenvalue weighted by molar-refractivity contribution is 6.30. The molecule has 1 amide bonds. The van der Waals surface area contributed by atoms with Crippen LogP contribution in [0.1, 0.15) is 25.0 Å². The monoisotopic (exact) mass is 396 g/mol. The molecule has 0 bridgehead atoms. The van der Waals surface area contributed by atoms with Gasteiger partial charge in [0, 0.05) is 35.5 Å². The van der Waals surface area contributed by atoms with Gasteiger partial charge in [0.2, 0.25) is 5.88 Å². The number of nitrogens with zero attached hydrogens (tertiary/aromatic N) is 2. The van der Waals surface area contributed by atoms with Crippen molar-refractivity contribution >= 4 is 17.7 Å². The largest absolute Gasteiger partial charge is 0.417 e. The van der Waals surface area contributed by atoms with E-state index in [1.54, 1.807) is 30.3 Å². The Balaban J connectivity index is 2.07. The first-order valence-electron chi connectivity index (χ1n) is 7.77. The van der Waals surface area contributed by atoms with Gasteiger partial charge in [0.15, 0.2) is 0 Å². The fourth-order valence-corrected chi connectivity index (χ4v) is 1.99. The van der Waals surface area contributed by atoms with Crippen LogP contribution in [0.25, 0.3) is 0 Å². The molecule has 0 spiro atoms. The molecule has 27 heavy (non-hydrogen) atoms. The van der Waals surface area contributed by atoms with Gasteiger partial charge in [-0.05, 0) is 38.1 Å². The van der Waals surface area contributed by atoms with Gasteiger partial charge in [-0.2, -0.15) is 13.2 Å². The number of carbonyl (C=O) groups is 1. The van der Waals surface area contributed by atoms with Crippen LogP contribution in [0.4, 0.5) is 18.0 Å². The first-order chi connectivity index (χ1) is 12.5. The lowest BCUT2D eigenvalue weighted by Gasteiger charge is -2.35. The predicted molar refractivity (Wildman–Crippen MR) is 95.6 cm³/mol. The van der Waals surface area contributed by atoms with Gasteiger partial charge < -0.3 is 4.74 Å². The minimum absolute atomic E-state index is 0.127. The lowest BCUT2D eigenvalue weighted by atomic mass is 10.0. The molecule has 2 aromatic rings. The summed E-state index contributed by atoms with van der Waals surface area (Å²) in [4.78, 5) is 16.3. The minimum atomic E-state index is -4.60. The van der Waals surface area contributed by atoms with Crippen LogP contribution in [-0.4, -0.2) is 34.7 Å². The van der Waals surface area contributed by atoms with Crippen molar-refractivity contribution in [3.8, 4) is 17.7 Å². The normalized spacial score (nSPS) is 11.4. The molecule has 0 atom stereocenters. The average Bonchev–Trinajstić information content (AvgIpc) is 2.59. The zero-order chi connectivity index (χ0) is 20.2. The Hall–Kier alpha value is -2.72. The Morgan fingerprint density at radius 2 is 1.81 bits per heavy atom. The van der Waals surface area contributed by atoms with E-state index in [-0.39, 0.29) is 5.88 Å². The third-order valence-electron chi connectivity index (χ3n) is 3.91. The van der Waals surface area contributed by atoms with E-state index in [1.807, 2.05) is 0 Å². The van der Waals surface area contributed by atoms with Crippen molar-refractivity contribution < 1.29 is 22.7 Å². The average molecular weight is 397 g/mol. The van der Waals surface area contributed by atoms with Crippen LogP contribution >= 0.6 is 11.6 Å². The zero-order valence-corrected chi connectivity index (χ0v) is 15.5. The maximum absolute atomic E-state index is 13.0. The molecule has 8 heteroatoms. The number of alkyl halides is 3. The summed E-state index contributed by atoms with van der Waals surface area (Å²) in [5.41, 5.74) is -1.13. The van der Waals surface area contributed by atoms with E-state index in [9.17, 15) is 18.0 Å². The van der Waals surface area contributed by atoms with E-state index >= 15 is 0 Å². The summed E-state index contributed by atoms with van der Waals surface area (Å²) in [6, 6.07) is 9.90. The highest BCUT2D eigenvalue weighted by Gasteiger charge is 2.52. The number of benzene rings is 1. The van der Waals surface area contributed by atoms with Crippen molar-refractivity contribution in [3.05, 3.63) is 58.7 Å². The van der Waals surface area contributed by atoms with E-state index in [1.165, 1.54) is 12.3 Å². The van der Waals surface area contributed by atoms with E-state index in [2.05, 4.69) is 16.8 Å². The minimum Gasteiger partial charge on any atom is -0.391 e. The van der Waals surface area contributed by atoms with Crippen molar-refractivity contribution in [1.29, 1.82) is 0 Å². The summed E-state index contributed by atoms with van der Waals surface area (Å²) in [5.74, 6) is 5.64. The van der Waals surface area contributed by atoms with E-state index in [0.717, 1.165) is 20.9 Å². The fraction of sp³-hybridized carbons (Fsp3) is 0.263. The van der Waals surface area contributed by atoms with E-state index in [0.29, 0.717) is 21.0 Å². The number of carbonyl (C=O) groups excluding carboxylic acids is 1. The van der Waals surface area contributed by atoms with Gasteiger partial charge >= 0.3 is 12.3 Å². The number of hydrogen-bond donors (Lipinski definition) is 0. The summed E-state index contributed by atoms with van der Waals surface area (Å²) in [5, 5.41) is 0.563. The Bertz CT molecular complexity index is 884. The topological polar surface area (TPSA) is 42.4 Å². The molecule has 0 aliphatic heterocycles. The van der Waals surface area contributed by atoms with Gasteiger partial charge in [0.05, 0.1) is 0 Å². The molecule has 0 aliphatic rings. The third-order valence-corrected chi connectivity index (χ3v) is 4.15. The molecule has 1 heterocycles. The Morgan fingerprint density at radius 3 is 2.37 bits per heavy atom. The number of amides is 1. The maximum Gasteiger partial charge on any atom is 0.417 e. The van der Waals surface area contributed by atoms with Crippen molar-refractivity contribution in [2.24, 2.45) is 0 Å². The van der Waals surface area contributed by atoms with Gasteiger partial charge in [-0.25, -0.2) is 9.78 Å². The number of aromatic nitrogens is 1. The number of rotatable bonds is 2. The molecule has 0 saturated carbocycles. The molecule has 0 unspecified atom stereocenters. The van der Waals surface area contributed by atoms with Crippen molar-refractivity contribution in [1.82, 2.24) is 9.88 Å². The second kappa shape index (κ2) is 7.89. The molecule has 142 valence electrons. The van der Waals surface area contributed by atoms with E-state index < -0.39 is 17.8 Å². The molecular weight excluding hydrogens is 381 g/mol. The number of hydrogen-bond acceptors (Lipinski definition) is 3. The van der Waals surface area contributed by atoms with Crippen molar-refractivity contribution in [3.63, 3.8) is 0 Å². The highest BCUT2D eigenvalue weighted by atomic mass is 35.5. The van der Waals surface area contributed by atoms with Gasteiger partial charge in [-0.15, -0.1) is 0 Å². The standard InChI is InChI=1S/C19H16ClF3N2O2/c1-18(2,19(21,22)23)25(3)17(26)27-16-10-9-14(12-24-16)8-7-13-5-4-6-15(20)11-13/h4-6,9-12H,1-3H3. The summed E-state index contributed by atoms with van der Waals surface area (Å²) in [6.07, 6.45) is -4.41. The summed E-state index contributed by atoms with van der Waals surface area (Å²) in [7, 11) is 1.01. The second-order valence-electron chi connectivity index (χ2n) is 6.13. The van der Waals surface area contributed by atoms with Crippen LogP contribution in [0.2, 0.25) is 5.02 Å². The molecule has 4 nitrogen and oxygen atoms in total. The second-order valence-corrected chi connectivity index (χ2v) is 6.57. The number of halogens is 4. The van der Waals surface area contributed by atoms with Crippen molar-refractivity contribution in [2.75, 3.05) is 7.05 Å². The van der Waals surface area contributed by atoms with Crippen LogP contribution < -0.4 is 4.74 Å². The van der Waals surface area contributed by atoms with Crippen LogP contribution in [0, 0.1) is 11.8 Å². The lowest BCUT2D eigenvalue weighted by molar-refractivity contribution is -0.209. The molecule has 1 aromatic heterocycles. The molecule has 0 fully saturated rings. The number of ether oxygens (including phenoxy) is 1. The highest BCUT2D eigenvalue weighted by Crippen LogP contribution is 2.34. The Morgan fingerprint density at radius 1 is 1.15 bits per heavy atom. The van der Waals surface area contributed by atoms with Gasteiger partial charge in [0.1, 0.15) is 5.54 Å². The van der Waals surface area contributed by atoms with Crippen molar-refractivity contribution in [2.45, 2.75) is 25.6 Å². The molecule has 0 saturated heterocycles. The van der Waals surface area contributed by atoms with Gasteiger partial charge in [-0.3, -0.25) is 4.90 Å². The summed E-state index contributed by atoms with van der Waals surface area (Å²) >= 11 is 5.88. The van der Waals surface area contributed by atoms with Crippen LogP contribution in [0.3, 0.4) is 0 Å². The third kappa shape index (κ3) is 5.14. The Labute approximate surface area is 159 Å². The number of pyridine rings is 1. The van der Waals surface area contributed by atoms with Crippen LogP contribution in [-0.2, 0) is 0 Å². The van der Waals surface area contributed by atoms with Gasteiger partial charge in [0.25, 0.3) is 0 Å². The van der Waals surface area contributed by atoms with E-state index in [4.69, 9.17) is 16.3 Å². The molecule has 0 aliphatic carbocycles. The molecule has 2 rings (SSSR count). The SMILES string of the molecule is CN(C(=O)Oc1ccc(C#Cc2cccc(Cl)c2)cn1)C(C)(C)C(F)(F)F. The van der Waals surface area contributed by atoms with Gasteiger partial charge in [-0.1, -0.05) is 29.5 Å². The summed E-state index contributed by atoms with van der Waals surface area (Å²) in [6.45, 7) is 1.77. The predicted octanol–water partition coefficient (Wildman–Crippen LogP) is 4.91. The Kier molecular flexibility index (Phi) is 6.01. The smallest absolute Gasteiger partial charge is 0.391 e. The van der Waals surface area contributed by atoms with Crippen LogP contribution in [0.15, 0.2) is 42.6 Å². The summed E-state index contributed by atoms with van der Waals surface area (Å²) < 4.78 is 43.9. The molecule has 0 N–H and O–H groups in total. The van der Waals surface area contributed by atoms with Crippen LogP contribution in [0.5, 0.6) is 5.88 Å². The maximum atomic E-state index is 13.0. The first-order valence-corrected chi connectivity index (χ1v) is 8.14. The molecule has 0 radical (unpaired) electrons. The lowest BCUT2D eigenvalue weighted by Crippen LogP contribution is -2.55. The molecular formula is C19H16ClF3N2O2. The fourth-order valence-electron chi connectivity index (χ4n) is 1.80. The molecule has 1 aromatic carbocycles. The quantitative estimate of drug-likeness (QED) is 0.677. The first kappa shape index (κ1) is 20.6. The zero-order valence-electron chi connectivity index (χ0n) is 14.8.